The Hall–Kier alpha value is -3.97. The van der Waals surface area contributed by atoms with Gasteiger partial charge in [-0.1, -0.05) is 53.9 Å². The maximum Gasteiger partial charge on any atom is 0.229 e. The van der Waals surface area contributed by atoms with E-state index in [1.54, 1.807) is 30.1 Å². The van der Waals surface area contributed by atoms with Crippen LogP contribution < -0.4 is 10.6 Å². The molecule has 10 heteroatoms. The number of hydrogen-bond donors (Lipinski definition) is 4. The monoisotopic (exact) mass is 554 g/mol. The average Bonchev–Trinajstić information content (AvgIpc) is 3.85. The molecule has 1 amide bonds. The molecule has 3 aliphatic rings. The summed E-state index contributed by atoms with van der Waals surface area (Å²) in [5, 5.41) is 28.7. The van der Waals surface area contributed by atoms with E-state index in [-0.39, 0.29) is 23.7 Å². The molecule has 4 N–H and O–H groups in total. The molecule has 2 aromatic heterocycles. The molecule has 3 fully saturated rings. The van der Waals surface area contributed by atoms with Crippen molar-refractivity contribution in [3.05, 3.63) is 82.9 Å². The van der Waals surface area contributed by atoms with Gasteiger partial charge < -0.3 is 25.4 Å². The van der Waals surface area contributed by atoms with E-state index in [9.17, 15) is 15.0 Å². The smallest absolute Gasteiger partial charge is 0.229 e. The normalized spacial score (nSPS) is 29.8. The topological polar surface area (TPSA) is 125 Å². The predicted molar refractivity (Wildman–Crippen MR) is 150 cm³/mol. The van der Waals surface area contributed by atoms with Crippen molar-refractivity contribution < 1.29 is 15.0 Å². The second kappa shape index (κ2) is 9.30. The molecule has 2 heterocycles. The molecule has 40 heavy (non-hydrogen) atoms. The molecule has 3 saturated carbocycles. The summed E-state index contributed by atoms with van der Waals surface area (Å²) in [6, 6.07) is 17.2. The fraction of sp³-hybridized carbons (Fsp3) is 0.333. The molecule has 7 atom stereocenters. The second-order valence-corrected chi connectivity index (χ2v) is 11.3. The number of amides is 1. The number of carbonyl (C=O) groups is 1. The van der Waals surface area contributed by atoms with E-state index in [1.165, 1.54) is 5.56 Å². The van der Waals surface area contributed by atoms with Gasteiger partial charge >= 0.3 is 0 Å². The Morgan fingerprint density at radius 3 is 2.73 bits per heavy atom. The number of aliphatic hydroxyl groups is 2. The average molecular weight is 555 g/mol. The van der Waals surface area contributed by atoms with Gasteiger partial charge in [-0.25, -0.2) is 15.0 Å². The van der Waals surface area contributed by atoms with Crippen LogP contribution in [0.5, 0.6) is 0 Å². The third-order valence-electron chi connectivity index (χ3n) is 8.55. The van der Waals surface area contributed by atoms with Crippen LogP contribution in [0.2, 0.25) is 5.02 Å². The number of benzene rings is 2. The highest BCUT2D eigenvalue weighted by Crippen LogP contribution is 2.67. The first-order chi connectivity index (χ1) is 19.4. The number of nitrogens with zero attached hydrogens (tertiary/aromatic N) is 4. The highest BCUT2D eigenvalue weighted by molar-refractivity contribution is 6.30. The first-order valence-electron chi connectivity index (χ1n) is 13.3. The lowest BCUT2D eigenvalue weighted by Gasteiger charge is -2.23. The van der Waals surface area contributed by atoms with Crippen LogP contribution in [-0.2, 0) is 4.79 Å². The van der Waals surface area contributed by atoms with Gasteiger partial charge in [0.05, 0.1) is 23.9 Å². The number of carbonyl (C=O) groups excluding carboxylic acids is 1. The molecule has 0 radical (unpaired) electrons. The van der Waals surface area contributed by atoms with Crippen molar-refractivity contribution in [3.8, 4) is 11.8 Å². The van der Waals surface area contributed by atoms with Crippen molar-refractivity contribution in [2.45, 2.75) is 43.1 Å². The van der Waals surface area contributed by atoms with Crippen LogP contribution >= 0.6 is 11.6 Å². The van der Waals surface area contributed by atoms with Gasteiger partial charge in [-0.2, -0.15) is 0 Å². The number of nitrogens with one attached hydrogen (secondary N) is 2. The molecule has 7 rings (SSSR count). The Morgan fingerprint density at radius 1 is 1.12 bits per heavy atom. The van der Waals surface area contributed by atoms with Crippen LogP contribution in [0.3, 0.4) is 0 Å². The van der Waals surface area contributed by atoms with Gasteiger partial charge in [0.25, 0.3) is 0 Å². The summed E-state index contributed by atoms with van der Waals surface area (Å²) < 4.78 is 1.77. The summed E-state index contributed by atoms with van der Waals surface area (Å²) in [4.78, 5) is 26.8. The molecular formula is C30H27ClN6O3. The van der Waals surface area contributed by atoms with Gasteiger partial charge in [0.15, 0.2) is 17.0 Å². The summed E-state index contributed by atoms with van der Waals surface area (Å²) in [6.45, 7) is 0. The van der Waals surface area contributed by atoms with E-state index in [0.717, 1.165) is 12.0 Å². The highest BCUT2D eigenvalue weighted by Gasteiger charge is 2.75. The second-order valence-electron chi connectivity index (χ2n) is 10.8. The number of fused-ring (bicyclic) bond motifs is 2. The van der Waals surface area contributed by atoms with E-state index in [0.29, 0.717) is 34.3 Å². The Morgan fingerprint density at radius 2 is 1.95 bits per heavy atom. The Labute approximate surface area is 235 Å². The quantitative estimate of drug-likeness (QED) is 0.280. The zero-order valence-corrected chi connectivity index (χ0v) is 22.4. The number of aromatic nitrogens is 4. The number of anilines is 1. The zero-order valence-electron chi connectivity index (χ0n) is 21.6. The molecule has 0 aliphatic heterocycles. The lowest BCUT2D eigenvalue weighted by atomic mass is 9.98. The summed E-state index contributed by atoms with van der Waals surface area (Å²) in [5.74, 6) is 6.84. The van der Waals surface area contributed by atoms with Gasteiger partial charge in [-0.05, 0) is 42.5 Å². The summed E-state index contributed by atoms with van der Waals surface area (Å²) >= 11 is 6.13. The molecule has 3 aliphatic carbocycles. The van der Waals surface area contributed by atoms with E-state index in [1.807, 2.05) is 30.3 Å². The van der Waals surface area contributed by atoms with Gasteiger partial charge in [-0.3, -0.25) is 4.79 Å². The van der Waals surface area contributed by atoms with E-state index >= 15 is 0 Å². The summed E-state index contributed by atoms with van der Waals surface area (Å²) in [7, 11) is 1.54. The minimum absolute atomic E-state index is 0.183. The fourth-order valence-corrected chi connectivity index (χ4v) is 6.56. The number of rotatable bonds is 5. The minimum atomic E-state index is -1.18. The molecule has 0 spiro atoms. The van der Waals surface area contributed by atoms with Crippen molar-refractivity contribution in [1.29, 1.82) is 0 Å². The van der Waals surface area contributed by atoms with Crippen molar-refractivity contribution in [3.63, 3.8) is 0 Å². The maximum absolute atomic E-state index is 12.7. The molecule has 0 saturated heterocycles. The Bertz CT molecular complexity index is 1700. The number of halogens is 1. The van der Waals surface area contributed by atoms with Crippen molar-refractivity contribution in [2.75, 3.05) is 12.4 Å². The third-order valence-corrected chi connectivity index (χ3v) is 8.78. The van der Waals surface area contributed by atoms with Crippen LogP contribution in [0.1, 0.15) is 41.8 Å². The number of hydrogen-bond acceptors (Lipinski definition) is 7. The van der Waals surface area contributed by atoms with Crippen molar-refractivity contribution in [1.82, 2.24) is 24.8 Å². The fourth-order valence-electron chi connectivity index (χ4n) is 6.37. The first kappa shape index (κ1) is 25.0. The first-order valence-corrected chi connectivity index (χ1v) is 13.7. The number of aliphatic hydroxyl groups excluding tert-OH is 2. The maximum atomic E-state index is 12.7. The lowest BCUT2D eigenvalue weighted by molar-refractivity contribution is -0.132. The van der Waals surface area contributed by atoms with Crippen LogP contribution in [0, 0.1) is 23.2 Å². The van der Waals surface area contributed by atoms with Gasteiger partial charge in [0.2, 0.25) is 11.7 Å². The van der Waals surface area contributed by atoms with Gasteiger partial charge in [0, 0.05) is 35.5 Å². The van der Waals surface area contributed by atoms with E-state index in [2.05, 4.69) is 39.6 Å². The lowest BCUT2D eigenvalue weighted by Crippen LogP contribution is -2.41. The molecule has 202 valence electrons. The van der Waals surface area contributed by atoms with Crippen molar-refractivity contribution >= 4 is 34.5 Å². The predicted octanol–water partition coefficient (Wildman–Crippen LogP) is 2.88. The molecular weight excluding hydrogens is 528 g/mol. The molecule has 3 unspecified atom stereocenters. The van der Waals surface area contributed by atoms with Crippen LogP contribution in [-0.4, -0.2) is 60.9 Å². The van der Waals surface area contributed by atoms with Gasteiger partial charge in [-0.15, -0.1) is 0 Å². The summed E-state index contributed by atoms with van der Waals surface area (Å²) in [5.41, 5.74) is 2.02. The molecule has 2 aromatic carbocycles. The third kappa shape index (κ3) is 3.94. The zero-order chi connectivity index (χ0) is 27.6. The van der Waals surface area contributed by atoms with Gasteiger partial charge in [0.1, 0.15) is 6.10 Å². The SMILES string of the molecule is CNC(=O)[C@]12CC1[C@@H](n1cnc3c(N[C@@H]4CC4c4ccccc4)nc(C#Cc4cccc(Cl)c4)nc31)C(O)[C@@H]2O. The van der Waals surface area contributed by atoms with Crippen LogP contribution in [0.15, 0.2) is 60.9 Å². The van der Waals surface area contributed by atoms with E-state index < -0.39 is 23.7 Å². The standard InChI is InChI=1S/C30H27ClN6O3/c1-32-29(40)30-14-20(30)24(25(38)26(30)39)37-15-33-23-27(34-21-13-19(21)17-7-3-2-4-8-17)35-22(36-28(23)37)11-10-16-6-5-9-18(31)12-16/h2-9,12,15,19-21,24-26,38-39H,13-14H2,1H3,(H,32,40)(H,34,35,36)/t19?,20?,21-,24-,25?,26+,30-/m1/s1. The van der Waals surface area contributed by atoms with Crippen molar-refractivity contribution in [2.24, 2.45) is 11.3 Å². The van der Waals surface area contributed by atoms with Crippen LogP contribution in [0.4, 0.5) is 5.82 Å². The summed E-state index contributed by atoms with van der Waals surface area (Å²) in [6.07, 6.45) is 0.725. The molecule has 0 bridgehead atoms. The number of imidazole rings is 1. The molecule has 4 aromatic rings. The Kier molecular flexibility index (Phi) is 5.82. The van der Waals surface area contributed by atoms with E-state index in [4.69, 9.17) is 21.6 Å². The van der Waals surface area contributed by atoms with Crippen LogP contribution in [0.25, 0.3) is 11.2 Å². The Balaban J connectivity index is 1.28. The molecule has 9 nitrogen and oxygen atoms in total. The largest absolute Gasteiger partial charge is 0.389 e. The minimum Gasteiger partial charge on any atom is -0.389 e. The highest BCUT2D eigenvalue weighted by atomic mass is 35.5.